The monoisotopic (exact) mass is 221 g/mol. The van der Waals surface area contributed by atoms with Gasteiger partial charge in [0.05, 0.1) is 19.3 Å². The zero-order valence-corrected chi connectivity index (χ0v) is 9.39. The third-order valence-electron chi connectivity index (χ3n) is 2.29. The standard InChI is InChI=1S/C10H20ClNO2/c11-4-7-13-8-5-12-9-10-3-1-2-6-14-10/h10,12H,1-9H2. The molecule has 0 bridgehead atoms. The number of ether oxygens (including phenoxy) is 2. The summed E-state index contributed by atoms with van der Waals surface area (Å²) in [5, 5.41) is 3.32. The number of halogens is 1. The summed E-state index contributed by atoms with van der Waals surface area (Å²) in [4.78, 5) is 0. The van der Waals surface area contributed by atoms with E-state index in [1.807, 2.05) is 0 Å². The molecule has 1 atom stereocenters. The molecule has 0 aromatic carbocycles. The fraction of sp³-hybridized carbons (Fsp3) is 1.00. The van der Waals surface area contributed by atoms with Crippen molar-refractivity contribution in [2.24, 2.45) is 0 Å². The smallest absolute Gasteiger partial charge is 0.0699 e. The van der Waals surface area contributed by atoms with Crippen LogP contribution in [0.25, 0.3) is 0 Å². The summed E-state index contributed by atoms with van der Waals surface area (Å²) in [5.74, 6) is 0.575. The molecule has 1 heterocycles. The summed E-state index contributed by atoms with van der Waals surface area (Å²) >= 11 is 5.47. The molecule has 0 aromatic rings. The summed E-state index contributed by atoms with van der Waals surface area (Å²) in [7, 11) is 0. The maximum atomic E-state index is 5.58. The Hall–Kier alpha value is 0.170. The zero-order chi connectivity index (χ0) is 10.1. The number of hydrogen-bond acceptors (Lipinski definition) is 3. The van der Waals surface area contributed by atoms with Crippen molar-refractivity contribution in [2.45, 2.75) is 25.4 Å². The van der Waals surface area contributed by atoms with Crippen molar-refractivity contribution in [2.75, 3.05) is 38.8 Å². The van der Waals surface area contributed by atoms with E-state index < -0.39 is 0 Å². The minimum Gasteiger partial charge on any atom is -0.379 e. The molecule has 0 amide bonds. The third kappa shape index (κ3) is 5.81. The number of rotatable bonds is 7. The molecule has 0 aromatic heterocycles. The molecule has 4 heteroatoms. The molecule has 1 aliphatic rings. The van der Waals surface area contributed by atoms with Gasteiger partial charge in [0.2, 0.25) is 0 Å². The van der Waals surface area contributed by atoms with Crippen LogP contribution in [-0.2, 0) is 9.47 Å². The number of hydrogen-bond donors (Lipinski definition) is 1. The van der Waals surface area contributed by atoms with Crippen LogP contribution in [0, 0.1) is 0 Å². The lowest BCUT2D eigenvalue weighted by Gasteiger charge is -2.22. The predicted octanol–water partition coefficient (Wildman–Crippen LogP) is 1.40. The lowest BCUT2D eigenvalue weighted by Crippen LogP contribution is -2.33. The fourth-order valence-electron chi connectivity index (χ4n) is 1.53. The Bertz CT molecular complexity index is 129. The van der Waals surface area contributed by atoms with Gasteiger partial charge in [-0.15, -0.1) is 11.6 Å². The van der Waals surface area contributed by atoms with E-state index in [9.17, 15) is 0 Å². The van der Waals surface area contributed by atoms with Gasteiger partial charge in [-0.3, -0.25) is 0 Å². The van der Waals surface area contributed by atoms with Gasteiger partial charge in [0.25, 0.3) is 0 Å². The van der Waals surface area contributed by atoms with Crippen molar-refractivity contribution in [3.8, 4) is 0 Å². The van der Waals surface area contributed by atoms with E-state index >= 15 is 0 Å². The second-order valence-electron chi connectivity index (χ2n) is 3.49. The first-order valence-corrected chi connectivity index (χ1v) is 5.93. The van der Waals surface area contributed by atoms with E-state index in [1.54, 1.807) is 0 Å². The second kappa shape index (κ2) is 8.48. The average Bonchev–Trinajstić information content (AvgIpc) is 2.25. The Kier molecular flexibility index (Phi) is 7.41. The van der Waals surface area contributed by atoms with Gasteiger partial charge in [0.1, 0.15) is 0 Å². The number of alkyl halides is 1. The number of nitrogens with one attached hydrogen (secondary N) is 1. The van der Waals surface area contributed by atoms with Gasteiger partial charge in [-0.2, -0.15) is 0 Å². The largest absolute Gasteiger partial charge is 0.379 e. The summed E-state index contributed by atoms with van der Waals surface area (Å²) in [6.07, 6.45) is 4.12. The summed E-state index contributed by atoms with van der Waals surface area (Å²) < 4.78 is 10.8. The molecule has 3 nitrogen and oxygen atoms in total. The van der Waals surface area contributed by atoms with Gasteiger partial charge in [-0.1, -0.05) is 0 Å². The van der Waals surface area contributed by atoms with Crippen molar-refractivity contribution in [1.29, 1.82) is 0 Å². The molecule has 1 aliphatic heterocycles. The lowest BCUT2D eigenvalue weighted by atomic mass is 10.1. The van der Waals surface area contributed by atoms with Crippen molar-refractivity contribution in [3.05, 3.63) is 0 Å². The van der Waals surface area contributed by atoms with Gasteiger partial charge in [0, 0.05) is 25.6 Å². The first kappa shape index (κ1) is 12.2. The molecule has 0 radical (unpaired) electrons. The van der Waals surface area contributed by atoms with E-state index in [-0.39, 0.29) is 0 Å². The maximum Gasteiger partial charge on any atom is 0.0699 e. The van der Waals surface area contributed by atoms with Gasteiger partial charge < -0.3 is 14.8 Å². The molecule has 1 saturated heterocycles. The normalized spacial score (nSPS) is 22.5. The van der Waals surface area contributed by atoms with E-state index in [0.717, 1.165) is 26.3 Å². The van der Waals surface area contributed by atoms with Crippen molar-refractivity contribution in [3.63, 3.8) is 0 Å². The summed E-state index contributed by atoms with van der Waals surface area (Å²) in [5.41, 5.74) is 0. The molecule has 1 unspecified atom stereocenters. The molecular weight excluding hydrogens is 202 g/mol. The highest BCUT2D eigenvalue weighted by Gasteiger charge is 2.12. The maximum absolute atomic E-state index is 5.58. The third-order valence-corrected chi connectivity index (χ3v) is 2.44. The zero-order valence-electron chi connectivity index (χ0n) is 8.64. The van der Waals surface area contributed by atoms with Crippen LogP contribution in [0.1, 0.15) is 19.3 Å². The summed E-state index contributed by atoms with van der Waals surface area (Å²) in [6, 6.07) is 0. The second-order valence-corrected chi connectivity index (χ2v) is 3.87. The van der Waals surface area contributed by atoms with Crippen LogP contribution < -0.4 is 5.32 Å². The van der Waals surface area contributed by atoms with Crippen LogP contribution in [0.2, 0.25) is 0 Å². The molecule has 0 aliphatic carbocycles. The molecule has 1 N–H and O–H groups in total. The van der Waals surface area contributed by atoms with Crippen LogP contribution >= 0.6 is 11.6 Å². The molecule has 0 spiro atoms. The molecule has 14 heavy (non-hydrogen) atoms. The SMILES string of the molecule is ClCCOCCNCC1CCCCO1. The van der Waals surface area contributed by atoms with E-state index in [4.69, 9.17) is 21.1 Å². The van der Waals surface area contributed by atoms with Crippen LogP contribution in [0.4, 0.5) is 0 Å². The van der Waals surface area contributed by atoms with Gasteiger partial charge in [0.15, 0.2) is 0 Å². The Morgan fingerprint density at radius 1 is 1.36 bits per heavy atom. The fourth-order valence-corrected chi connectivity index (χ4v) is 1.64. The highest BCUT2D eigenvalue weighted by molar-refractivity contribution is 6.17. The van der Waals surface area contributed by atoms with E-state index in [2.05, 4.69) is 5.32 Å². The molecule has 84 valence electrons. The molecule has 0 saturated carbocycles. The van der Waals surface area contributed by atoms with Gasteiger partial charge >= 0.3 is 0 Å². The minimum absolute atomic E-state index is 0.414. The Balaban J connectivity index is 1.82. The lowest BCUT2D eigenvalue weighted by molar-refractivity contribution is 0.0159. The van der Waals surface area contributed by atoms with Gasteiger partial charge in [-0.25, -0.2) is 0 Å². The van der Waals surface area contributed by atoms with Crippen molar-refractivity contribution in [1.82, 2.24) is 5.32 Å². The molecule has 1 fully saturated rings. The predicted molar refractivity (Wildman–Crippen MR) is 58.0 cm³/mol. The van der Waals surface area contributed by atoms with E-state index in [0.29, 0.717) is 18.6 Å². The topological polar surface area (TPSA) is 30.5 Å². The van der Waals surface area contributed by atoms with Crippen molar-refractivity contribution < 1.29 is 9.47 Å². The minimum atomic E-state index is 0.414. The summed E-state index contributed by atoms with van der Waals surface area (Å²) in [6.45, 7) is 4.14. The first-order chi connectivity index (χ1) is 6.93. The Morgan fingerprint density at radius 3 is 3.00 bits per heavy atom. The highest BCUT2D eigenvalue weighted by atomic mass is 35.5. The van der Waals surface area contributed by atoms with Crippen molar-refractivity contribution >= 4 is 11.6 Å². The van der Waals surface area contributed by atoms with Gasteiger partial charge in [-0.05, 0) is 19.3 Å². The first-order valence-electron chi connectivity index (χ1n) is 5.39. The van der Waals surface area contributed by atoms with E-state index in [1.165, 1.54) is 19.3 Å². The van der Waals surface area contributed by atoms with Crippen LogP contribution in [0.3, 0.4) is 0 Å². The van der Waals surface area contributed by atoms with Crippen LogP contribution in [-0.4, -0.2) is 44.9 Å². The Morgan fingerprint density at radius 2 is 2.29 bits per heavy atom. The van der Waals surface area contributed by atoms with Crippen LogP contribution in [0.15, 0.2) is 0 Å². The Labute approximate surface area is 91.1 Å². The quantitative estimate of drug-likeness (QED) is 0.521. The molecule has 1 rings (SSSR count). The average molecular weight is 222 g/mol. The molecular formula is C10H20ClNO2. The highest BCUT2D eigenvalue weighted by Crippen LogP contribution is 2.11. The van der Waals surface area contributed by atoms with Crippen LogP contribution in [0.5, 0.6) is 0 Å².